The Hall–Kier alpha value is -4.65. The van der Waals surface area contributed by atoms with Crippen LogP contribution in [0.25, 0.3) is 16.8 Å². The maximum Gasteiger partial charge on any atom is 0.339 e. The Balaban J connectivity index is 1.60. The Bertz CT molecular complexity index is 1290. The van der Waals surface area contributed by atoms with E-state index in [0.29, 0.717) is 22.8 Å². The Kier molecular flexibility index (Phi) is 8.56. The number of esters is 2. The molecule has 35 heavy (non-hydrogen) atoms. The van der Waals surface area contributed by atoms with Gasteiger partial charge in [0.05, 0.1) is 0 Å². The lowest BCUT2D eigenvalue weighted by atomic mass is 10.0. The van der Waals surface area contributed by atoms with Crippen molar-refractivity contribution in [2.24, 2.45) is 0 Å². The second kappa shape index (κ2) is 12.0. The van der Waals surface area contributed by atoms with E-state index in [-0.39, 0.29) is 19.2 Å². The van der Waals surface area contributed by atoms with Crippen LogP contribution in [-0.4, -0.2) is 31.1 Å². The van der Waals surface area contributed by atoms with Gasteiger partial charge in [-0.2, -0.15) is 0 Å². The minimum absolute atomic E-state index is 0.0575. The third kappa shape index (κ3) is 7.43. The first-order chi connectivity index (χ1) is 16.9. The second-order valence-corrected chi connectivity index (χ2v) is 7.35. The molecule has 0 radical (unpaired) electrons. The van der Waals surface area contributed by atoms with Gasteiger partial charge in [-0.1, -0.05) is 31.4 Å². The summed E-state index contributed by atoms with van der Waals surface area (Å²) in [6, 6.07) is 17.6. The summed E-state index contributed by atoms with van der Waals surface area (Å²) in [5.74, 6) is 0.119. The molecule has 0 heterocycles. The molecule has 0 unspecified atom stereocenters. The van der Waals surface area contributed by atoms with Crippen molar-refractivity contribution < 1.29 is 33.3 Å². The maximum atomic E-state index is 12.5. The molecule has 0 amide bonds. The fourth-order valence-corrected chi connectivity index (χ4v) is 2.95. The van der Waals surface area contributed by atoms with Gasteiger partial charge in [0.1, 0.15) is 17.2 Å². The van der Waals surface area contributed by atoms with E-state index in [9.17, 15) is 14.4 Å². The van der Waals surface area contributed by atoms with Gasteiger partial charge in [0.15, 0.2) is 12.4 Å². The van der Waals surface area contributed by atoms with Crippen molar-refractivity contribution in [3.05, 3.63) is 97.1 Å². The predicted molar refractivity (Wildman–Crippen MR) is 132 cm³/mol. The quantitative estimate of drug-likeness (QED) is 0.167. The van der Waals surface area contributed by atoms with Crippen molar-refractivity contribution in [1.29, 1.82) is 0 Å². The molecule has 0 aliphatic heterocycles. The number of ketones is 1. The van der Waals surface area contributed by atoms with Gasteiger partial charge in [-0.3, -0.25) is 4.79 Å². The minimum Gasteiger partial charge on any atom is -0.485 e. The van der Waals surface area contributed by atoms with Crippen LogP contribution in [0.15, 0.2) is 91.5 Å². The van der Waals surface area contributed by atoms with Crippen LogP contribution in [0.5, 0.6) is 17.2 Å². The van der Waals surface area contributed by atoms with Crippen molar-refractivity contribution in [2.75, 3.05) is 13.4 Å². The summed E-state index contributed by atoms with van der Waals surface area (Å²) in [6.07, 6.45) is 4.00. The van der Waals surface area contributed by atoms with Crippen LogP contribution in [0.1, 0.15) is 12.5 Å². The summed E-state index contributed by atoms with van der Waals surface area (Å²) >= 11 is 0. The highest BCUT2D eigenvalue weighted by molar-refractivity contribution is 5.95. The average Bonchev–Trinajstić information content (AvgIpc) is 2.87. The molecule has 0 atom stereocenters. The molecule has 0 bridgehead atoms. The molecule has 0 spiro atoms. The molecule has 0 aliphatic rings. The third-order valence-electron chi connectivity index (χ3n) is 4.78. The summed E-state index contributed by atoms with van der Waals surface area (Å²) in [7, 11) is 0. The SMILES string of the molecule is C=CC(=O)COc1ccc2cc(/C=C(\C)C(=O)Oc3ccc(OCOC(=O)C=C)cc3)ccc2c1. The predicted octanol–water partition coefficient (Wildman–Crippen LogP) is 5.05. The fraction of sp³-hybridized carbons (Fsp3) is 0.107. The molecule has 0 fully saturated rings. The van der Waals surface area contributed by atoms with Crippen LogP contribution in [0.2, 0.25) is 0 Å². The van der Waals surface area contributed by atoms with E-state index >= 15 is 0 Å². The molecule has 178 valence electrons. The fourth-order valence-electron chi connectivity index (χ4n) is 2.95. The highest BCUT2D eigenvalue weighted by Crippen LogP contribution is 2.24. The molecule has 0 aliphatic carbocycles. The molecular formula is C28H24O7. The van der Waals surface area contributed by atoms with Crippen molar-refractivity contribution in [3.8, 4) is 17.2 Å². The van der Waals surface area contributed by atoms with Crippen LogP contribution in [0.4, 0.5) is 0 Å². The summed E-state index contributed by atoms with van der Waals surface area (Å²) in [5, 5.41) is 1.89. The Labute approximate surface area is 202 Å². The van der Waals surface area contributed by atoms with E-state index in [0.717, 1.165) is 22.4 Å². The van der Waals surface area contributed by atoms with E-state index in [1.54, 1.807) is 43.3 Å². The zero-order valence-electron chi connectivity index (χ0n) is 19.2. The normalized spacial score (nSPS) is 10.8. The van der Waals surface area contributed by atoms with Gasteiger partial charge in [0.2, 0.25) is 6.79 Å². The number of hydrogen-bond acceptors (Lipinski definition) is 7. The van der Waals surface area contributed by atoms with E-state index in [4.69, 9.17) is 18.9 Å². The first-order valence-electron chi connectivity index (χ1n) is 10.6. The van der Waals surface area contributed by atoms with Gasteiger partial charge in [-0.05, 0) is 77.9 Å². The molecule has 0 N–H and O–H groups in total. The Morgan fingerprint density at radius 1 is 0.800 bits per heavy atom. The van der Waals surface area contributed by atoms with Crippen LogP contribution in [0, 0.1) is 0 Å². The summed E-state index contributed by atoms with van der Waals surface area (Å²) in [4.78, 5) is 34.8. The molecule has 3 aromatic rings. The number of carbonyl (C=O) groups is 3. The van der Waals surface area contributed by atoms with Crippen LogP contribution < -0.4 is 14.2 Å². The van der Waals surface area contributed by atoms with Gasteiger partial charge < -0.3 is 18.9 Å². The number of fused-ring (bicyclic) bond motifs is 1. The van der Waals surface area contributed by atoms with Gasteiger partial charge >= 0.3 is 11.9 Å². The van der Waals surface area contributed by atoms with Gasteiger partial charge in [-0.25, -0.2) is 9.59 Å². The number of benzene rings is 3. The zero-order chi connectivity index (χ0) is 25.2. The molecule has 0 aromatic heterocycles. The zero-order valence-corrected chi connectivity index (χ0v) is 19.2. The van der Waals surface area contributed by atoms with Gasteiger partial charge in [0.25, 0.3) is 0 Å². The first kappa shape index (κ1) is 25.0. The van der Waals surface area contributed by atoms with Crippen LogP contribution in [-0.2, 0) is 19.1 Å². The lowest BCUT2D eigenvalue weighted by Gasteiger charge is -2.08. The minimum atomic E-state index is -0.583. The highest BCUT2D eigenvalue weighted by Gasteiger charge is 2.09. The van der Waals surface area contributed by atoms with Crippen LogP contribution >= 0.6 is 0 Å². The smallest absolute Gasteiger partial charge is 0.339 e. The van der Waals surface area contributed by atoms with Crippen molar-refractivity contribution >= 4 is 34.6 Å². The molecule has 7 heteroatoms. The number of rotatable bonds is 11. The molecule has 0 saturated heterocycles. The lowest BCUT2D eigenvalue weighted by Crippen LogP contribution is -2.09. The van der Waals surface area contributed by atoms with E-state index < -0.39 is 11.9 Å². The van der Waals surface area contributed by atoms with Crippen molar-refractivity contribution in [2.45, 2.75) is 6.92 Å². The molecule has 7 nitrogen and oxygen atoms in total. The van der Waals surface area contributed by atoms with E-state index in [1.807, 2.05) is 30.3 Å². The summed E-state index contributed by atoms with van der Waals surface area (Å²) < 4.78 is 20.9. The Morgan fingerprint density at radius 3 is 2.17 bits per heavy atom. The van der Waals surface area contributed by atoms with E-state index in [1.165, 1.54) is 6.08 Å². The molecule has 0 saturated carbocycles. The molecule has 3 rings (SSSR count). The summed E-state index contributed by atoms with van der Waals surface area (Å²) in [6.45, 7) is 8.08. The molecular weight excluding hydrogens is 448 g/mol. The highest BCUT2D eigenvalue weighted by atomic mass is 16.7. The largest absolute Gasteiger partial charge is 0.485 e. The number of hydrogen-bond donors (Lipinski definition) is 0. The monoisotopic (exact) mass is 472 g/mol. The van der Waals surface area contributed by atoms with Crippen LogP contribution in [0.3, 0.4) is 0 Å². The van der Waals surface area contributed by atoms with E-state index in [2.05, 4.69) is 13.2 Å². The average molecular weight is 472 g/mol. The first-order valence-corrected chi connectivity index (χ1v) is 10.6. The topological polar surface area (TPSA) is 88.1 Å². The molecule has 3 aromatic carbocycles. The number of carbonyl (C=O) groups excluding carboxylic acids is 3. The standard InChI is InChI=1S/C28H24O7/c1-4-23(29)17-32-26-9-8-21-15-20(6-7-22(21)16-26)14-19(3)28(31)35-25-12-10-24(11-13-25)33-18-34-27(30)5-2/h4-16H,1-2,17-18H2,3H3/b19-14+. The number of ether oxygens (including phenoxy) is 4. The third-order valence-corrected chi connectivity index (χ3v) is 4.78. The van der Waals surface area contributed by atoms with Crippen molar-refractivity contribution in [3.63, 3.8) is 0 Å². The maximum absolute atomic E-state index is 12.5. The lowest BCUT2D eigenvalue weighted by molar-refractivity contribution is -0.144. The Morgan fingerprint density at radius 2 is 1.46 bits per heavy atom. The summed E-state index contributed by atoms with van der Waals surface area (Å²) in [5.41, 5.74) is 1.25. The van der Waals surface area contributed by atoms with Crippen molar-refractivity contribution in [1.82, 2.24) is 0 Å². The second-order valence-electron chi connectivity index (χ2n) is 7.35. The van der Waals surface area contributed by atoms with Gasteiger partial charge in [0, 0.05) is 11.6 Å². The van der Waals surface area contributed by atoms with Gasteiger partial charge in [-0.15, -0.1) is 0 Å².